The van der Waals surface area contributed by atoms with Gasteiger partial charge >= 0.3 is 0 Å². The number of hydrogen-bond donors (Lipinski definition) is 0. The van der Waals surface area contributed by atoms with Gasteiger partial charge in [0.05, 0.1) is 24.1 Å². The molecule has 3 heterocycles. The molecule has 0 bridgehead atoms. The Morgan fingerprint density at radius 1 is 1.10 bits per heavy atom. The van der Waals surface area contributed by atoms with E-state index >= 15 is 0 Å². The Morgan fingerprint density at radius 3 is 2.45 bits per heavy atom. The van der Waals surface area contributed by atoms with Gasteiger partial charge < -0.3 is 14.2 Å². The van der Waals surface area contributed by atoms with Crippen LogP contribution in [0.1, 0.15) is 65.1 Å². The summed E-state index contributed by atoms with van der Waals surface area (Å²) in [5.41, 5.74) is 3.48. The van der Waals surface area contributed by atoms with Crippen LogP contribution < -0.4 is 4.74 Å². The molecule has 7 heteroatoms. The minimum atomic E-state index is 0.0635. The summed E-state index contributed by atoms with van der Waals surface area (Å²) in [6, 6.07) is 9.23. The molecule has 5 rings (SSSR count). The van der Waals surface area contributed by atoms with Crippen molar-refractivity contribution in [2.75, 3.05) is 20.2 Å². The fourth-order valence-electron chi connectivity index (χ4n) is 4.21. The number of hydrogen-bond acceptors (Lipinski definition) is 6. The summed E-state index contributed by atoms with van der Waals surface area (Å²) in [6.45, 7) is 3.32. The van der Waals surface area contributed by atoms with Crippen LogP contribution in [0.25, 0.3) is 11.3 Å². The molecule has 31 heavy (non-hydrogen) atoms. The summed E-state index contributed by atoms with van der Waals surface area (Å²) in [7, 11) is 1.62. The molecule has 2 aromatic heterocycles. The second kappa shape index (κ2) is 8.13. The second-order valence-corrected chi connectivity index (χ2v) is 8.43. The number of nitrogens with zero attached hydrogens (tertiary/aromatic N) is 4. The number of aryl methyl sites for hydroxylation is 1. The topological polar surface area (TPSA) is 81.4 Å². The van der Waals surface area contributed by atoms with Crippen LogP contribution in [-0.2, 0) is 0 Å². The number of amides is 1. The molecule has 3 aromatic rings. The minimum Gasteiger partial charge on any atom is -0.497 e. The van der Waals surface area contributed by atoms with Gasteiger partial charge in [-0.15, -0.1) is 0 Å². The van der Waals surface area contributed by atoms with Crippen molar-refractivity contribution in [3.8, 4) is 17.1 Å². The maximum atomic E-state index is 12.9. The zero-order chi connectivity index (χ0) is 21.4. The monoisotopic (exact) mass is 418 g/mol. The third kappa shape index (κ3) is 4.04. The number of aromatic nitrogens is 3. The van der Waals surface area contributed by atoms with Gasteiger partial charge in [0, 0.05) is 42.8 Å². The first-order chi connectivity index (χ1) is 15.1. The second-order valence-electron chi connectivity index (χ2n) is 8.43. The number of likely N-dealkylation sites (tertiary alicyclic amines) is 1. The standard InChI is InChI=1S/C24H26N4O3/c1-15-13-21(31-27-15)20-14-25-23(17-3-4-17)26-22(20)16-9-11-28(12-10-16)24(29)18-5-7-19(30-2)8-6-18/h5-8,13-14,16-17H,3-4,9-12H2,1-2H3. The highest BCUT2D eigenvalue weighted by molar-refractivity contribution is 5.94. The highest BCUT2D eigenvalue weighted by atomic mass is 16.5. The van der Waals surface area contributed by atoms with E-state index in [0.29, 0.717) is 30.3 Å². The summed E-state index contributed by atoms with van der Waals surface area (Å²) >= 11 is 0. The Labute approximate surface area is 181 Å². The fourth-order valence-corrected chi connectivity index (χ4v) is 4.21. The molecule has 2 fully saturated rings. The van der Waals surface area contributed by atoms with Crippen molar-refractivity contribution >= 4 is 5.91 Å². The maximum Gasteiger partial charge on any atom is 0.253 e. The first kappa shape index (κ1) is 19.7. The Hall–Kier alpha value is -3.22. The van der Waals surface area contributed by atoms with Gasteiger partial charge in [0.25, 0.3) is 5.91 Å². The molecule has 2 aliphatic rings. The smallest absolute Gasteiger partial charge is 0.253 e. The van der Waals surface area contributed by atoms with E-state index in [0.717, 1.165) is 54.2 Å². The third-order valence-electron chi connectivity index (χ3n) is 6.18. The molecule has 1 saturated heterocycles. The molecule has 1 aliphatic heterocycles. The molecule has 0 spiro atoms. The number of carbonyl (C=O) groups excluding carboxylic acids is 1. The normalized spacial score (nSPS) is 17.0. The number of methoxy groups -OCH3 is 1. The number of carbonyl (C=O) groups is 1. The first-order valence-electron chi connectivity index (χ1n) is 10.9. The Morgan fingerprint density at radius 2 is 1.84 bits per heavy atom. The number of rotatable bonds is 5. The van der Waals surface area contributed by atoms with Crippen LogP contribution in [-0.4, -0.2) is 46.1 Å². The third-order valence-corrected chi connectivity index (χ3v) is 6.18. The van der Waals surface area contributed by atoms with Gasteiger partial charge in [-0.25, -0.2) is 9.97 Å². The van der Waals surface area contributed by atoms with Crippen molar-refractivity contribution < 1.29 is 14.1 Å². The largest absolute Gasteiger partial charge is 0.497 e. The number of piperidine rings is 1. The van der Waals surface area contributed by atoms with E-state index in [-0.39, 0.29) is 11.8 Å². The summed E-state index contributed by atoms with van der Waals surface area (Å²) in [6.07, 6.45) is 5.95. The lowest BCUT2D eigenvalue weighted by atomic mass is 9.89. The van der Waals surface area contributed by atoms with Crippen LogP contribution in [0.15, 0.2) is 41.1 Å². The zero-order valence-electron chi connectivity index (χ0n) is 17.9. The Kier molecular flexibility index (Phi) is 5.18. The van der Waals surface area contributed by atoms with Gasteiger partial charge in [0.1, 0.15) is 11.6 Å². The van der Waals surface area contributed by atoms with Crippen LogP contribution in [0.5, 0.6) is 5.75 Å². The predicted octanol–water partition coefficient (Wildman–Crippen LogP) is 4.35. The van der Waals surface area contributed by atoms with Gasteiger partial charge in [0.2, 0.25) is 0 Å². The van der Waals surface area contributed by atoms with E-state index in [4.69, 9.17) is 14.2 Å². The molecule has 1 amide bonds. The van der Waals surface area contributed by atoms with Gasteiger partial charge in [-0.05, 0) is 56.9 Å². The molecule has 0 radical (unpaired) electrons. The molecule has 7 nitrogen and oxygen atoms in total. The lowest BCUT2D eigenvalue weighted by Gasteiger charge is -2.32. The zero-order valence-corrected chi connectivity index (χ0v) is 17.9. The highest BCUT2D eigenvalue weighted by Gasteiger charge is 2.31. The van der Waals surface area contributed by atoms with Crippen LogP contribution in [0.2, 0.25) is 0 Å². The van der Waals surface area contributed by atoms with Gasteiger partial charge in [0.15, 0.2) is 5.76 Å². The van der Waals surface area contributed by atoms with Crippen molar-refractivity contribution in [2.45, 2.75) is 44.4 Å². The maximum absolute atomic E-state index is 12.9. The molecule has 0 N–H and O–H groups in total. The average molecular weight is 418 g/mol. The van der Waals surface area contributed by atoms with Crippen molar-refractivity contribution in [3.05, 3.63) is 59.3 Å². The molecule has 0 atom stereocenters. The van der Waals surface area contributed by atoms with E-state index in [1.165, 1.54) is 0 Å². The van der Waals surface area contributed by atoms with E-state index < -0.39 is 0 Å². The van der Waals surface area contributed by atoms with Crippen molar-refractivity contribution in [1.29, 1.82) is 0 Å². The van der Waals surface area contributed by atoms with Crippen molar-refractivity contribution in [1.82, 2.24) is 20.0 Å². The summed E-state index contributed by atoms with van der Waals surface area (Å²) < 4.78 is 10.7. The summed E-state index contributed by atoms with van der Waals surface area (Å²) in [5.74, 6) is 3.22. The Bertz CT molecular complexity index is 1080. The molecule has 0 unspecified atom stereocenters. The van der Waals surface area contributed by atoms with E-state index in [1.54, 1.807) is 7.11 Å². The highest BCUT2D eigenvalue weighted by Crippen LogP contribution is 2.41. The lowest BCUT2D eigenvalue weighted by molar-refractivity contribution is 0.0712. The van der Waals surface area contributed by atoms with Crippen LogP contribution in [0, 0.1) is 6.92 Å². The molecular weight excluding hydrogens is 392 g/mol. The van der Waals surface area contributed by atoms with Crippen molar-refractivity contribution in [2.24, 2.45) is 0 Å². The molecule has 1 saturated carbocycles. The average Bonchev–Trinajstić information content (AvgIpc) is 3.59. The van der Waals surface area contributed by atoms with E-state index in [9.17, 15) is 4.79 Å². The van der Waals surface area contributed by atoms with Crippen LogP contribution in [0.4, 0.5) is 0 Å². The summed E-state index contributed by atoms with van der Waals surface area (Å²) in [5, 5.41) is 4.04. The van der Waals surface area contributed by atoms with Gasteiger partial charge in [-0.1, -0.05) is 5.16 Å². The van der Waals surface area contributed by atoms with Crippen LogP contribution >= 0.6 is 0 Å². The number of ether oxygens (including phenoxy) is 1. The molecule has 160 valence electrons. The first-order valence-corrected chi connectivity index (χ1v) is 10.9. The quantitative estimate of drug-likeness (QED) is 0.613. The molecule has 1 aliphatic carbocycles. The van der Waals surface area contributed by atoms with Gasteiger partial charge in [-0.2, -0.15) is 0 Å². The van der Waals surface area contributed by atoms with Crippen LogP contribution in [0.3, 0.4) is 0 Å². The lowest BCUT2D eigenvalue weighted by Crippen LogP contribution is -2.38. The number of benzene rings is 1. The Balaban J connectivity index is 1.34. The van der Waals surface area contributed by atoms with E-state index in [2.05, 4.69) is 10.1 Å². The SMILES string of the molecule is COc1ccc(C(=O)N2CCC(c3nc(C4CC4)ncc3-c3cc(C)no3)CC2)cc1. The predicted molar refractivity (Wildman–Crippen MR) is 115 cm³/mol. The summed E-state index contributed by atoms with van der Waals surface area (Å²) in [4.78, 5) is 24.4. The fraction of sp³-hybridized carbons (Fsp3) is 0.417. The molecule has 1 aromatic carbocycles. The minimum absolute atomic E-state index is 0.0635. The van der Waals surface area contributed by atoms with Gasteiger partial charge in [-0.3, -0.25) is 4.79 Å². The van der Waals surface area contributed by atoms with Crippen molar-refractivity contribution in [3.63, 3.8) is 0 Å². The molecular formula is C24H26N4O3. The van der Waals surface area contributed by atoms with E-state index in [1.807, 2.05) is 48.4 Å².